The summed E-state index contributed by atoms with van der Waals surface area (Å²) >= 11 is 0. The van der Waals surface area contributed by atoms with Crippen LogP contribution in [0.1, 0.15) is 27.7 Å². The Morgan fingerprint density at radius 1 is 0.938 bits per heavy atom. The van der Waals surface area contributed by atoms with Crippen molar-refractivity contribution in [1.29, 1.82) is 0 Å². The predicted octanol–water partition coefficient (Wildman–Crippen LogP) is 2.17. The molecule has 0 atom stereocenters. The van der Waals surface area contributed by atoms with Gasteiger partial charge in [0.05, 0.1) is 0 Å². The third-order valence-electron chi connectivity index (χ3n) is 2.76. The molecule has 0 radical (unpaired) electrons. The van der Waals surface area contributed by atoms with E-state index < -0.39 is 0 Å². The summed E-state index contributed by atoms with van der Waals surface area (Å²) in [5.41, 5.74) is 0. The van der Waals surface area contributed by atoms with Gasteiger partial charge in [-0.25, -0.2) is 4.98 Å². The van der Waals surface area contributed by atoms with Gasteiger partial charge in [-0.1, -0.05) is 0 Å². The zero-order valence-electron chi connectivity index (χ0n) is 10.8. The summed E-state index contributed by atoms with van der Waals surface area (Å²) < 4.78 is 0. The molecule has 0 spiro atoms. The van der Waals surface area contributed by atoms with Crippen molar-refractivity contribution in [1.82, 2.24) is 9.97 Å². The molecule has 0 aliphatic heterocycles. The molecule has 0 bridgehead atoms. The van der Waals surface area contributed by atoms with E-state index in [4.69, 9.17) is 0 Å². The van der Waals surface area contributed by atoms with Crippen LogP contribution in [0.25, 0.3) is 0 Å². The third kappa shape index (κ3) is 2.84. The van der Waals surface area contributed by atoms with Crippen molar-refractivity contribution in [2.45, 2.75) is 27.7 Å². The van der Waals surface area contributed by atoms with Crippen LogP contribution in [0.15, 0.2) is 12.3 Å². The third-order valence-corrected chi connectivity index (χ3v) is 2.76. The monoisotopic (exact) mass is 222 g/mol. The molecule has 4 nitrogen and oxygen atoms in total. The number of rotatable bonds is 6. The molecule has 4 heteroatoms. The zero-order valence-corrected chi connectivity index (χ0v) is 10.8. The first-order valence-corrected chi connectivity index (χ1v) is 6.09. The lowest BCUT2D eigenvalue weighted by Gasteiger charge is -2.23. The molecule has 0 saturated heterocycles. The van der Waals surface area contributed by atoms with Crippen molar-refractivity contribution >= 4 is 11.8 Å². The summed E-state index contributed by atoms with van der Waals surface area (Å²) in [6, 6.07) is 1.97. The summed E-state index contributed by atoms with van der Waals surface area (Å²) in [5.74, 6) is 1.84. The molecule has 1 heterocycles. The highest BCUT2D eigenvalue weighted by Crippen LogP contribution is 2.14. The molecule has 0 aliphatic rings. The highest BCUT2D eigenvalue weighted by molar-refractivity contribution is 5.43. The minimum absolute atomic E-state index is 0.828. The van der Waals surface area contributed by atoms with Crippen molar-refractivity contribution in [3.63, 3.8) is 0 Å². The maximum absolute atomic E-state index is 4.60. The van der Waals surface area contributed by atoms with Gasteiger partial charge >= 0.3 is 0 Å². The SMILES string of the molecule is CCN(CC)c1ccnc(N(CC)CC)n1. The summed E-state index contributed by atoms with van der Waals surface area (Å²) in [6.07, 6.45) is 1.84. The lowest BCUT2D eigenvalue weighted by molar-refractivity contribution is 0.799. The molecule has 1 aromatic heterocycles. The molecule has 1 rings (SSSR count). The van der Waals surface area contributed by atoms with Crippen LogP contribution in [-0.4, -0.2) is 36.1 Å². The summed E-state index contributed by atoms with van der Waals surface area (Å²) in [7, 11) is 0. The van der Waals surface area contributed by atoms with E-state index in [1.54, 1.807) is 0 Å². The molecule has 90 valence electrons. The second-order valence-electron chi connectivity index (χ2n) is 3.56. The van der Waals surface area contributed by atoms with Crippen LogP contribution in [0.3, 0.4) is 0 Å². The van der Waals surface area contributed by atoms with Crippen LogP contribution < -0.4 is 9.80 Å². The van der Waals surface area contributed by atoms with Crippen LogP contribution in [0.2, 0.25) is 0 Å². The van der Waals surface area contributed by atoms with Gasteiger partial charge in [0.25, 0.3) is 0 Å². The van der Waals surface area contributed by atoms with Crippen molar-refractivity contribution in [2.75, 3.05) is 36.0 Å². The van der Waals surface area contributed by atoms with E-state index in [-0.39, 0.29) is 0 Å². The molecule has 0 aromatic carbocycles. The smallest absolute Gasteiger partial charge is 0.227 e. The van der Waals surface area contributed by atoms with Crippen molar-refractivity contribution in [3.05, 3.63) is 12.3 Å². The second-order valence-corrected chi connectivity index (χ2v) is 3.56. The van der Waals surface area contributed by atoms with Crippen LogP contribution >= 0.6 is 0 Å². The van der Waals surface area contributed by atoms with Gasteiger partial charge in [0.1, 0.15) is 5.82 Å². The Hall–Kier alpha value is -1.32. The van der Waals surface area contributed by atoms with Crippen molar-refractivity contribution in [2.24, 2.45) is 0 Å². The first-order valence-electron chi connectivity index (χ1n) is 6.09. The highest BCUT2D eigenvalue weighted by Gasteiger charge is 2.08. The first-order chi connectivity index (χ1) is 7.76. The molecular formula is C12H22N4. The lowest BCUT2D eigenvalue weighted by Crippen LogP contribution is -2.27. The Labute approximate surface area is 98.3 Å². The van der Waals surface area contributed by atoms with E-state index in [9.17, 15) is 0 Å². The Morgan fingerprint density at radius 3 is 2.00 bits per heavy atom. The molecule has 0 fully saturated rings. The molecule has 0 unspecified atom stereocenters. The molecular weight excluding hydrogens is 200 g/mol. The molecule has 0 saturated carbocycles. The Kier molecular flexibility index (Phi) is 5.02. The fraction of sp³-hybridized carbons (Fsp3) is 0.667. The summed E-state index contributed by atoms with van der Waals surface area (Å²) in [4.78, 5) is 13.3. The second kappa shape index (κ2) is 6.30. The fourth-order valence-corrected chi connectivity index (χ4v) is 1.72. The van der Waals surface area contributed by atoms with Gasteiger partial charge in [-0.2, -0.15) is 4.98 Å². The molecule has 1 aromatic rings. The topological polar surface area (TPSA) is 32.3 Å². The largest absolute Gasteiger partial charge is 0.357 e. The average molecular weight is 222 g/mol. The number of hydrogen-bond donors (Lipinski definition) is 0. The van der Waals surface area contributed by atoms with E-state index in [2.05, 4.69) is 47.5 Å². The van der Waals surface area contributed by atoms with Gasteiger partial charge in [0, 0.05) is 32.4 Å². The Morgan fingerprint density at radius 2 is 1.50 bits per heavy atom. The maximum atomic E-state index is 4.60. The first kappa shape index (κ1) is 12.7. The van der Waals surface area contributed by atoms with E-state index in [0.29, 0.717) is 0 Å². The molecule has 0 amide bonds. The Balaban J connectivity index is 2.93. The van der Waals surface area contributed by atoms with Gasteiger partial charge in [-0.05, 0) is 33.8 Å². The van der Waals surface area contributed by atoms with Gasteiger partial charge in [-0.3, -0.25) is 0 Å². The van der Waals surface area contributed by atoms with Gasteiger partial charge in [-0.15, -0.1) is 0 Å². The number of hydrogen-bond acceptors (Lipinski definition) is 4. The predicted molar refractivity (Wildman–Crippen MR) is 69.2 cm³/mol. The van der Waals surface area contributed by atoms with E-state index in [1.807, 2.05) is 12.3 Å². The standard InChI is InChI=1S/C12H22N4/c1-5-15(6-2)11-9-10-13-12(14-11)16(7-3)8-4/h9-10H,5-8H2,1-4H3. The van der Waals surface area contributed by atoms with Crippen molar-refractivity contribution in [3.8, 4) is 0 Å². The van der Waals surface area contributed by atoms with Crippen LogP contribution in [0.5, 0.6) is 0 Å². The summed E-state index contributed by atoms with van der Waals surface area (Å²) in [6.45, 7) is 12.4. The number of nitrogens with zero attached hydrogens (tertiary/aromatic N) is 4. The maximum Gasteiger partial charge on any atom is 0.227 e. The summed E-state index contributed by atoms with van der Waals surface area (Å²) in [5, 5.41) is 0. The van der Waals surface area contributed by atoms with E-state index in [1.165, 1.54) is 0 Å². The van der Waals surface area contributed by atoms with Gasteiger partial charge in [0.2, 0.25) is 5.95 Å². The highest BCUT2D eigenvalue weighted by atomic mass is 15.3. The lowest BCUT2D eigenvalue weighted by atomic mass is 10.4. The minimum atomic E-state index is 0.828. The molecule has 16 heavy (non-hydrogen) atoms. The van der Waals surface area contributed by atoms with E-state index in [0.717, 1.165) is 37.9 Å². The average Bonchev–Trinajstić information content (AvgIpc) is 2.33. The quantitative estimate of drug-likeness (QED) is 0.738. The minimum Gasteiger partial charge on any atom is -0.357 e. The molecule has 0 N–H and O–H groups in total. The normalized spacial score (nSPS) is 10.2. The van der Waals surface area contributed by atoms with Crippen LogP contribution in [0, 0.1) is 0 Å². The number of aromatic nitrogens is 2. The van der Waals surface area contributed by atoms with Crippen LogP contribution in [0.4, 0.5) is 11.8 Å². The van der Waals surface area contributed by atoms with Crippen LogP contribution in [-0.2, 0) is 0 Å². The fourth-order valence-electron chi connectivity index (χ4n) is 1.72. The molecule has 0 aliphatic carbocycles. The van der Waals surface area contributed by atoms with Gasteiger partial charge < -0.3 is 9.80 Å². The van der Waals surface area contributed by atoms with Crippen molar-refractivity contribution < 1.29 is 0 Å². The van der Waals surface area contributed by atoms with Gasteiger partial charge in [0.15, 0.2) is 0 Å². The Bertz CT molecular complexity index is 278. The van der Waals surface area contributed by atoms with E-state index >= 15 is 0 Å². The number of anilines is 2. The zero-order chi connectivity index (χ0) is 12.0.